The summed E-state index contributed by atoms with van der Waals surface area (Å²) < 4.78 is 24.9. The minimum Gasteiger partial charge on any atom is -0.496 e. The van der Waals surface area contributed by atoms with Crippen LogP contribution in [0.5, 0.6) is 11.5 Å². The topological polar surface area (TPSA) is 107 Å². The van der Waals surface area contributed by atoms with Gasteiger partial charge in [0.1, 0.15) is 11.3 Å². The molecule has 186 valence electrons. The summed E-state index contributed by atoms with van der Waals surface area (Å²) in [5, 5.41) is 5.96. The Morgan fingerprint density at radius 1 is 0.778 bits per heavy atom. The summed E-state index contributed by atoms with van der Waals surface area (Å²) in [5.41, 5.74) is 0.801. The second-order valence-corrected chi connectivity index (χ2v) is 8.39. The van der Waals surface area contributed by atoms with Crippen LogP contribution in [0.15, 0.2) is 60.9 Å². The molecule has 3 aromatic rings. The minimum atomic E-state index is -0.815. The summed E-state index contributed by atoms with van der Waals surface area (Å²) in [4.78, 5) is 42.3. The van der Waals surface area contributed by atoms with Gasteiger partial charge < -0.3 is 20.1 Å². The number of carbonyl (C=O) groups excluding carboxylic acids is 3. The van der Waals surface area contributed by atoms with Crippen molar-refractivity contribution in [2.24, 2.45) is 0 Å². The Bertz CT molecular complexity index is 1260. The maximum Gasteiger partial charge on any atom is 0.251 e. The van der Waals surface area contributed by atoms with E-state index in [0.29, 0.717) is 11.1 Å². The number of benzene rings is 2. The van der Waals surface area contributed by atoms with Gasteiger partial charge in [-0.3, -0.25) is 19.4 Å². The maximum atomic E-state index is 14.8. The first-order valence-corrected chi connectivity index (χ1v) is 11.5. The molecule has 2 aromatic carbocycles. The highest BCUT2D eigenvalue weighted by atomic mass is 19.1. The Kier molecular flexibility index (Phi) is 7.58. The molecule has 2 atom stereocenters. The number of amides is 2. The third-order valence-corrected chi connectivity index (χ3v) is 6.24. The second kappa shape index (κ2) is 11.0. The van der Waals surface area contributed by atoms with Gasteiger partial charge in [0.25, 0.3) is 11.8 Å². The van der Waals surface area contributed by atoms with Crippen LogP contribution in [0.25, 0.3) is 0 Å². The van der Waals surface area contributed by atoms with Crippen LogP contribution in [-0.2, 0) is 0 Å². The number of nitrogens with zero attached hydrogens (tertiary/aromatic N) is 1. The summed E-state index contributed by atoms with van der Waals surface area (Å²) in [6.07, 6.45) is 5.46. The first-order chi connectivity index (χ1) is 17.4. The normalized spacial score (nSPS) is 16.8. The number of nitrogens with one attached hydrogen (secondary N) is 2. The van der Waals surface area contributed by atoms with E-state index in [1.54, 1.807) is 24.5 Å². The molecule has 2 N–H and O–H groups in total. The standard InChI is InChI=1S/C27H26FN3O5/c1-35-21-10-11-22(36-2)24(28)23(21)25(32)16-6-8-17(9-7-16)26(33)30-19-4-3-5-20(19)31-27(34)18-12-14-29-15-13-18/h6-15,19-20H,3-5H2,1-2H3,(H,30,33)(H,31,34)/t19-,20-/m1/s1. The van der Waals surface area contributed by atoms with E-state index in [2.05, 4.69) is 15.6 Å². The molecular weight excluding hydrogens is 465 g/mol. The highest BCUT2D eigenvalue weighted by molar-refractivity contribution is 6.11. The molecule has 1 heterocycles. The Morgan fingerprint density at radius 3 is 1.83 bits per heavy atom. The van der Waals surface area contributed by atoms with Gasteiger partial charge in [0.15, 0.2) is 17.3 Å². The van der Waals surface area contributed by atoms with E-state index in [-0.39, 0.29) is 46.5 Å². The van der Waals surface area contributed by atoms with Crippen molar-refractivity contribution in [3.05, 3.63) is 89.0 Å². The Balaban J connectivity index is 1.44. The fourth-order valence-corrected chi connectivity index (χ4v) is 4.31. The molecule has 4 rings (SSSR count). The SMILES string of the molecule is COc1ccc(OC)c(C(=O)c2ccc(C(=O)N[C@@H]3CCC[C@H]3NC(=O)c3ccncc3)cc2)c1F. The van der Waals surface area contributed by atoms with Gasteiger partial charge in [-0.05, 0) is 55.7 Å². The fraction of sp³-hybridized carbons (Fsp3) is 0.259. The lowest BCUT2D eigenvalue weighted by Gasteiger charge is -2.22. The number of ketones is 1. The fourth-order valence-electron chi connectivity index (χ4n) is 4.31. The number of rotatable bonds is 8. The van der Waals surface area contributed by atoms with Gasteiger partial charge in [-0.1, -0.05) is 12.1 Å². The van der Waals surface area contributed by atoms with E-state index < -0.39 is 11.6 Å². The molecule has 1 aromatic heterocycles. The van der Waals surface area contributed by atoms with Gasteiger partial charge >= 0.3 is 0 Å². The zero-order valence-electron chi connectivity index (χ0n) is 19.9. The number of carbonyl (C=O) groups is 3. The lowest BCUT2D eigenvalue weighted by Crippen LogP contribution is -2.48. The van der Waals surface area contributed by atoms with Crippen molar-refractivity contribution in [3.63, 3.8) is 0 Å². The predicted molar refractivity (Wildman–Crippen MR) is 130 cm³/mol. The summed E-state index contributed by atoms with van der Waals surface area (Å²) in [6.45, 7) is 0. The average Bonchev–Trinajstić information content (AvgIpc) is 3.34. The van der Waals surface area contributed by atoms with Gasteiger partial charge in [0.05, 0.1) is 14.2 Å². The number of aromatic nitrogens is 1. The number of pyridine rings is 1. The van der Waals surface area contributed by atoms with Crippen LogP contribution in [0, 0.1) is 5.82 Å². The third kappa shape index (κ3) is 5.19. The van der Waals surface area contributed by atoms with Crippen molar-refractivity contribution >= 4 is 17.6 Å². The lowest BCUT2D eigenvalue weighted by atomic mass is 10.00. The van der Waals surface area contributed by atoms with Gasteiger partial charge in [0.2, 0.25) is 0 Å². The number of ether oxygens (including phenoxy) is 2. The van der Waals surface area contributed by atoms with E-state index in [0.717, 1.165) is 19.3 Å². The molecule has 1 aliphatic carbocycles. The molecule has 0 saturated heterocycles. The Labute approximate surface area is 207 Å². The maximum absolute atomic E-state index is 14.8. The van der Waals surface area contributed by atoms with Gasteiger partial charge in [-0.15, -0.1) is 0 Å². The van der Waals surface area contributed by atoms with E-state index in [1.807, 2.05) is 0 Å². The molecular formula is C27H26FN3O5. The van der Waals surface area contributed by atoms with Crippen molar-refractivity contribution in [3.8, 4) is 11.5 Å². The van der Waals surface area contributed by atoms with Crippen molar-refractivity contribution < 1.29 is 28.2 Å². The minimum absolute atomic E-state index is 0.0720. The largest absolute Gasteiger partial charge is 0.496 e. The molecule has 1 saturated carbocycles. The Hall–Kier alpha value is -4.27. The zero-order chi connectivity index (χ0) is 25.7. The van der Waals surface area contributed by atoms with Crippen LogP contribution < -0.4 is 20.1 Å². The smallest absolute Gasteiger partial charge is 0.251 e. The van der Waals surface area contributed by atoms with E-state index in [4.69, 9.17) is 9.47 Å². The molecule has 2 amide bonds. The van der Waals surface area contributed by atoms with Crippen LogP contribution >= 0.6 is 0 Å². The zero-order valence-corrected chi connectivity index (χ0v) is 19.9. The van der Waals surface area contributed by atoms with Crippen molar-refractivity contribution in [2.45, 2.75) is 31.3 Å². The molecule has 0 aliphatic heterocycles. The quantitative estimate of drug-likeness (QED) is 0.467. The van der Waals surface area contributed by atoms with Gasteiger partial charge in [-0.25, -0.2) is 4.39 Å². The molecule has 0 unspecified atom stereocenters. The monoisotopic (exact) mass is 491 g/mol. The highest BCUT2D eigenvalue weighted by Gasteiger charge is 2.30. The molecule has 8 nitrogen and oxygen atoms in total. The van der Waals surface area contributed by atoms with Gasteiger partial charge in [0, 0.05) is 41.2 Å². The highest BCUT2D eigenvalue weighted by Crippen LogP contribution is 2.31. The molecule has 36 heavy (non-hydrogen) atoms. The average molecular weight is 492 g/mol. The molecule has 0 spiro atoms. The Morgan fingerprint density at radius 2 is 1.28 bits per heavy atom. The van der Waals surface area contributed by atoms with Crippen LogP contribution in [-0.4, -0.2) is 48.9 Å². The van der Waals surface area contributed by atoms with E-state index in [9.17, 15) is 18.8 Å². The van der Waals surface area contributed by atoms with Crippen molar-refractivity contribution in [1.82, 2.24) is 15.6 Å². The number of hydrogen-bond donors (Lipinski definition) is 2. The van der Waals surface area contributed by atoms with E-state index >= 15 is 0 Å². The summed E-state index contributed by atoms with van der Waals surface area (Å²) in [6, 6.07) is 11.6. The molecule has 0 radical (unpaired) electrons. The second-order valence-electron chi connectivity index (χ2n) is 8.39. The predicted octanol–water partition coefficient (Wildman–Crippen LogP) is 3.55. The summed E-state index contributed by atoms with van der Waals surface area (Å²) in [5.74, 6) is -1.94. The first-order valence-electron chi connectivity index (χ1n) is 11.5. The molecule has 1 aliphatic rings. The summed E-state index contributed by atoms with van der Waals surface area (Å²) in [7, 11) is 2.66. The number of methoxy groups -OCH3 is 2. The molecule has 9 heteroatoms. The number of hydrogen-bond acceptors (Lipinski definition) is 6. The van der Waals surface area contributed by atoms with Crippen LogP contribution in [0.4, 0.5) is 4.39 Å². The first kappa shape index (κ1) is 24.8. The van der Waals surface area contributed by atoms with Crippen molar-refractivity contribution in [1.29, 1.82) is 0 Å². The molecule has 0 bridgehead atoms. The number of halogens is 1. The third-order valence-electron chi connectivity index (χ3n) is 6.24. The lowest BCUT2D eigenvalue weighted by molar-refractivity contribution is 0.0892. The van der Waals surface area contributed by atoms with E-state index in [1.165, 1.54) is 50.6 Å². The van der Waals surface area contributed by atoms with Gasteiger partial charge in [-0.2, -0.15) is 0 Å². The molecule has 1 fully saturated rings. The van der Waals surface area contributed by atoms with Crippen LogP contribution in [0.3, 0.4) is 0 Å². The van der Waals surface area contributed by atoms with Crippen LogP contribution in [0.2, 0.25) is 0 Å². The summed E-state index contributed by atoms with van der Waals surface area (Å²) >= 11 is 0. The van der Waals surface area contributed by atoms with Crippen molar-refractivity contribution in [2.75, 3.05) is 14.2 Å². The van der Waals surface area contributed by atoms with Crippen LogP contribution in [0.1, 0.15) is 55.9 Å².